The summed E-state index contributed by atoms with van der Waals surface area (Å²) in [5, 5.41) is 3.71. The molecule has 0 aliphatic heterocycles. The van der Waals surface area contributed by atoms with Gasteiger partial charge in [-0.25, -0.2) is 0 Å². The van der Waals surface area contributed by atoms with Crippen molar-refractivity contribution in [3.05, 3.63) is 0 Å². The van der Waals surface area contributed by atoms with Gasteiger partial charge >= 0.3 is 0 Å². The van der Waals surface area contributed by atoms with Crippen LogP contribution in [0.3, 0.4) is 0 Å². The van der Waals surface area contributed by atoms with Gasteiger partial charge in [0.15, 0.2) is 0 Å². The van der Waals surface area contributed by atoms with Crippen molar-refractivity contribution in [2.45, 2.75) is 72.3 Å². The molecule has 0 aromatic carbocycles. The van der Waals surface area contributed by atoms with Crippen molar-refractivity contribution in [1.82, 2.24) is 5.32 Å². The van der Waals surface area contributed by atoms with Crippen LogP contribution in [-0.4, -0.2) is 12.6 Å². The monoisotopic (exact) mass is 211 g/mol. The van der Waals surface area contributed by atoms with E-state index in [2.05, 4.69) is 33.0 Å². The highest BCUT2D eigenvalue weighted by Crippen LogP contribution is 2.33. The molecule has 1 atom stereocenters. The third-order valence-electron chi connectivity index (χ3n) is 3.77. The highest BCUT2D eigenvalue weighted by atomic mass is 14.9. The first-order valence-corrected chi connectivity index (χ1v) is 6.77. The van der Waals surface area contributed by atoms with E-state index in [-0.39, 0.29) is 0 Å². The van der Waals surface area contributed by atoms with E-state index < -0.39 is 0 Å². The SMILES string of the molecule is CCCNC(CCC1CCC1)C(C)(C)C. The summed E-state index contributed by atoms with van der Waals surface area (Å²) in [7, 11) is 0. The molecule has 15 heavy (non-hydrogen) atoms. The highest BCUT2D eigenvalue weighted by molar-refractivity contribution is 4.82. The Morgan fingerprint density at radius 2 is 1.93 bits per heavy atom. The van der Waals surface area contributed by atoms with E-state index in [1.54, 1.807) is 0 Å². The summed E-state index contributed by atoms with van der Waals surface area (Å²) in [6, 6.07) is 0.707. The van der Waals surface area contributed by atoms with Crippen LogP contribution in [0.5, 0.6) is 0 Å². The van der Waals surface area contributed by atoms with Crippen molar-refractivity contribution < 1.29 is 0 Å². The van der Waals surface area contributed by atoms with E-state index in [0.29, 0.717) is 11.5 Å². The zero-order valence-corrected chi connectivity index (χ0v) is 11.1. The summed E-state index contributed by atoms with van der Waals surface area (Å²) in [6.07, 6.45) is 8.52. The lowest BCUT2D eigenvalue weighted by molar-refractivity contribution is 0.212. The fourth-order valence-electron chi connectivity index (χ4n) is 2.34. The maximum atomic E-state index is 3.71. The molecule has 1 fully saturated rings. The van der Waals surface area contributed by atoms with Crippen LogP contribution >= 0.6 is 0 Å². The molecule has 0 radical (unpaired) electrons. The van der Waals surface area contributed by atoms with E-state index in [0.717, 1.165) is 5.92 Å². The summed E-state index contributed by atoms with van der Waals surface area (Å²) in [4.78, 5) is 0. The van der Waals surface area contributed by atoms with Gasteiger partial charge in [0.1, 0.15) is 0 Å². The van der Waals surface area contributed by atoms with Gasteiger partial charge in [0.25, 0.3) is 0 Å². The molecule has 0 heterocycles. The number of hydrogen-bond donors (Lipinski definition) is 1. The van der Waals surface area contributed by atoms with Crippen LogP contribution in [0, 0.1) is 11.3 Å². The van der Waals surface area contributed by atoms with Crippen molar-refractivity contribution in [2.75, 3.05) is 6.54 Å². The first kappa shape index (κ1) is 13.0. The molecule has 0 aromatic rings. The first-order valence-electron chi connectivity index (χ1n) is 6.77. The van der Waals surface area contributed by atoms with Crippen LogP contribution in [0.2, 0.25) is 0 Å². The topological polar surface area (TPSA) is 12.0 Å². The lowest BCUT2D eigenvalue weighted by Crippen LogP contribution is -2.41. The predicted molar refractivity (Wildman–Crippen MR) is 68.1 cm³/mol. The van der Waals surface area contributed by atoms with Gasteiger partial charge in [0.05, 0.1) is 0 Å². The molecule has 90 valence electrons. The van der Waals surface area contributed by atoms with Crippen LogP contribution in [0.25, 0.3) is 0 Å². The van der Waals surface area contributed by atoms with E-state index >= 15 is 0 Å². The number of hydrogen-bond acceptors (Lipinski definition) is 1. The number of rotatable bonds is 6. The molecule has 1 aliphatic carbocycles. The minimum Gasteiger partial charge on any atom is -0.313 e. The zero-order valence-electron chi connectivity index (χ0n) is 11.1. The van der Waals surface area contributed by atoms with Gasteiger partial charge in [-0.3, -0.25) is 0 Å². The fraction of sp³-hybridized carbons (Fsp3) is 1.00. The summed E-state index contributed by atoms with van der Waals surface area (Å²) < 4.78 is 0. The minimum atomic E-state index is 0.416. The Morgan fingerprint density at radius 3 is 2.33 bits per heavy atom. The summed E-state index contributed by atoms with van der Waals surface area (Å²) in [5.74, 6) is 1.05. The van der Waals surface area contributed by atoms with Crippen molar-refractivity contribution in [2.24, 2.45) is 11.3 Å². The molecule has 1 aliphatic rings. The van der Waals surface area contributed by atoms with Crippen LogP contribution in [0.4, 0.5) is 0 Å². The molecule has 1 rings (SSSR count). The molecular weight excluding hydrogens is 182 g/mol. The van der Waals surface area contributed by atoms with Gasteiger partial charge in [0.2, 0.25) is 0 Å². The Morgan fingerprint density at radius 1 is 1.27 bits per heavy atom. The van der Waals surface area contributed by atoms with Gasteiger partial charge in [-0.2, -0.15) is 0 Å². The van der Waals surface area contributed by atoms with E-state index in [4.69, 9.17) is 0 Å². The van der Waals surface area contributed by atoms with Crippen molar-refractivity contribution >= 4 is 0 Å². The molecule has 0 spiro atoms. The Kier molecular flexibility index (Phi) is 5.11. The van der Waals surface area contributed by atoms with Crippen LogP contribution < -0.4 is 5.32 Å². The van der Waals surface area contributed by atoms with Crippen LogP contribution in [0.15, 0.2) is 0 Å². The molecule has 1 saturated carbocycles. The largest absolute Gasteiger partial charge is 0.313 e. The lowest BCUT2D eigenvalue weighted by atomic mass is 9.77. The smallest absolute Gasteiger partial charge is 0.0116 e. The first-order chi connectivity index (χ1) is 7.04. The average molecular weight is 211 g/mol. The maximum Gasteiger partial charge on any atom is 0.0116 e. The molecule has 0 amide bonds. The third-order valence-corrected chi connectivity index (χ3v) is 3.77. The maximum absolute atomic E-state index is 3.71. The Bertz CT molecular complexity index is 165. The summed E-state index contributed by atoms with van der Waals surface area (Å²) in [6.45, 7) is 10.5. The number of nitrogens with one attached hydrogen (secondary N) is 1. The molecule has 1 unspecified atom stereocenters. The third kappa shape index (κ3) is 4.55. The lowest BCUT2D eigenvalue weighted by Gasteiger charge is -2.34. The van der Waals surface area contributed by atoms with Crippen LogP contribution in [-0.2, 0) is 0 Å². The molecule has 1 N–H and O–H groups in total. The van der Waals surface area contributed by atoms with Crippen molar-refractivity contribution in [1.29, 1.82) is 0 Å². The standard InChI is InChI=1S/C14H29N/c1-5-11-15-13(14(2,3)4)10-9-12-7-6-8-12/h12-13,15H,5-11H2,1-4H3. The van der Waals surface area contributed by atoms with Gasteiger partial charge in [0, 0.05) is 6.04 Å². The second-order valence-corrected chi connectivity index (χ2v) is 6.25. The average Bonchev–Trinajstić information content (AvgIpc) is 2.05. The van der Waals surface area contributed by atoms with Crippen molar-refractivity contribution in [3.63, 3.8) is 0 Å². The van der Waals surface area contributed by atoms with Gasteiger partial charge < -0.3 is 5.32 Å². The fourth-order valence-corrected chi connectivity index (χ4v) is 2.34. The quantitative estimate of drug-likeness (QED) is 0.700. The Labute approximate surface area is 96.0 Å². The van der Waals surface area contributed by atoms with Crippen molar-refractivity contribution in [3.8, 4) is 0 Å². The van der Waals surface area contributed by atoms with Crippen LogP contribution in [0.1, 0.15) is 66.2 Å². The minimum absolute atomic E-state index is 0.416. The molecule has 1 nitrogen and oxygen atoms in total. The van der Waals surface area contributed by atoms with Gasteiger partial charge in [-0.05, 0) is 37.1 Å². The molecule has 0 bridgehead atoms. The second-order valence-electron chi connectivity index (χ2n) is 6.25. The predicted octanol–water partition coefficient (Wildman–Crippen LogP) is 3.98. The van der Waals surface area contributed by atoms with Gasteiger partial charge in [-0.15, -0.1) is 0 Å². The molecule has 1 heteroatoms. The highest BCUT2D eigenvalue weighted by Gasteiger charge is 2.26. The van der Waals surface area contributed by atoms with E-state index in [9.17, 15) is 0 Å². The Balaban J connectivity index is 2.27. The summed E-state index contributed by atoms with van der Waals surface area (Å²) >= 11 is 0. The van der Waals surface area contributed by atoms with E-state index in [1.807, 2.05) is 0 Å². The zero-order chi connectivity index (χ0) is 11.3. The van der Waals surface area contributed by atoms with Gasteiger partial charge in [-0.1, -0.05) is 47.0 Å². The van der Waals surface area contributed by atoms with E-state index in [1.165, 1.54) is 45.1 Å². The molecule has 0 aromatic heterocycles. The summed E-state index contributed by atoms with van der Waals surface area (Å²) in [5.41, 5.74) is 0.416. The molecular formula is C14H29N. The Hall–Kier alpha value is -0.0400. The molecule has 0 saturated heterocycles. The normalized spacial score (nSPS) is 20.0. The second kappa shape index (κ2) is 5.89.